The van der Waals surface area contributed by atoms with Gasteiger partial charge in [-0.15, -0.1) is 0 Å². The third-order valence-electron chi connectivity index (χ3n) is 3.79. The predicted octanol–water partition coefficient (Wildman–Crippen LogP) is 3.17. The molecule has 0 bridgehead atoms. The molecule has 0 saturated carbocycles. The Labute approximate surface area is 115 Å². The van der Waals surface area contributed by atoms with Crippen molar-refractivity contribution in [2.75, 3.05) is 13.1 Å². The molecule has 1 unspecified atom stereocenters. The van der Waals surface area contributed by atoms with E-state index in [-0.39, 0.29) is 18.1 Å². The lowest BCUT2D eigenvalue weighted by molar-refractivity contribution is -0.132. The summed E-state index contributed by atoms with van der Waals surface area (Å²) < 4.78 is 6.22. The summed E-state index contributed by atoms with van der Waals surface area (Å²) in [5.74, 6) is 0.175. The van der Waals surface area contributed by atoms with E-state index >= 15 is 0 Å². The summed E-state index contributed by atoms with van der Waals surface area (Å²) >= 11 is 0. The van der Waals surface area contributed by atoms with Crippen LogP contribution in [0.25, 0.3) is 0 Å². The molecule has 104 valence electrons. The number of ether oxygens (including phenoxy) is 1. The highest BCUT2D eigenvalue weighted by Crippen LogP contribution is 2.26. The zero-order valence-corrected chi connectivity index (χ0v) is 11.8. The molecule has 0 radical (unpaired) electrons. The van der Waals surface area contributed by atoms with Crippen LogP contribution in [-0.4, -0.2) is 30.0 Å². The Kier molecular flexibility index (Phi) is 4.97. The highest BCUT2D eigenvalue weighted by molar-refractivity contribution is 5.73. The number of hydrogen-bond acceptors (Lipinski definition) is 2. The molecule has 1 aliphatic heterocycles. The summed E-state index contributed by atoms with van der Waals surface area (Å²) in [6.07, 6.45) is 3.33. The molecule has 2 rings (SSSR count). The molecule has 1 aromatic carbocycles. The molecule has 1 saturated heterocycles. The van der Waals surface area contributed by atoms with Crippen molar-refractivity contribution in [1.29, 1.82) is 0 Å². The minimum Gasteiger partial charge on any atom is -0.370 e. The molecule has 19 heavy (non-hydrogen) atoms. The number of carbonyl (C=O) groups is 1. The van der Waals surface area contributed by atoms with Crippen molar-refractivity contribution >= 4 is 5.91 Å². The smallest absolute Gasteiger partial charge is 0.219 e. The van der Waals surface area contributed by atoms with Gasteiger partial charge in [0.05, 0.1) is 12.2 Å². The van der Waals surface area contributed by atoms with E-state index in [1.807, 2.05) is 11.0 Å². The first-order valence-electron chi connectivity index (χ1n) is 7.16. The zero-order chi connectivity index (χ0) is 13.7. The lowest BCUT2D eigenvalue weighted by atomic mass is 10.0. The summed E-state index contributed by atoms with van der Waals surface area (Å²) in [6, 6.07) is 10.4. The van der Waals surface area contributed by atoms with E-state index in [2.05, 4.69) is 31.2 Å². The Morgan fingerprint density at radius 1 is 1.32 bits per heavy atom. The van der Waals surface area contributed by atoms with Crippen LogP contribution in [0, 0.1) is 0 Å². The summed E-state index contributed by atoms with van der Waals surface area (Å²) in [5, 5.41) is 0. The SMILES string of the molecule is CCC(OC1CCN(C(C)=O)CC1)c1ccccc1. The molecular weight excluding hydrogens is 238 g/mol. The third-order valence-corrected chi connectivity index (χ3v) is 3.79. The fourth-order valence-corrected chi connectivity index (χ4v) is 2.62. The van der Waals surface area contributed by atoms with Gasteiger partial charge in [0, 0.05) is 20.0 Å². The molecule has 1 amide bonds. The van der Waals surface area contributed by atoms with Gasteiger partial charge in [-0.05, 0) is 24.8 Å². The fraction of sp³-hybridized carbons (Fsp3) is 0.562. The number of rotatable bonds is 4. The second-order valence-electron chi connectivity index (χ2n) is 5.15. The average Bonchev–Trinajstić information content (AvgIpc) is 2.46. The molecule has 1 fully saturated rings. The Morgan fingerprint density at radius 3 is 2.47 bits per heavy atom. The number of amides is 1. The van der Waals surface area contributed by atoms with Crippen molar-refractivity contribution in [2.45, 2.75) is 45.3 Å². The van der Waals surface area contributed by atoms with Crippen LogP contribution in [0.4, 0.5) is 0 Å². The Hall–Kier alpha value is -1.35. The van der Waals surface area contributed by atoms with Gasteiger partial charge in [0.25, 0.3) is 0 Å². The molecule has 3 heteroatoms. The van der Waals surface area contributed by atoms with Gasteiger partial charge in [0.15, 0.2) is 0 Å². The maximum Gasteiger partial charge on any atom is 0.219 e. The minimum atomic E-state index is 0.175. The largest absolute Gasteiger partial charge is 0.370 e. The molecular formula is C16H23NO2. The number of nitrogens with zero attached hydrogens (tertiary/aromatic N) is 1. The van der Waals surface area contributed by atoms with Crippen molar-refractivity contribution < 1.29 is 9.53 Å². The summed E-state index contributed by atoms with van der Waals surface area (Å²) in [7, 11) is 0. The van der Waals surface area contributed by atoms with E-state index in [1.54, 1.807) is 6.92 Å². The second kappa shape index (κ2) is 6.71. The van der Waals surface area contributed by atoms with Crippen LogP contribution in [0.2, 0.25) is 0 Å². The highest BCUT2D eigenvalue weighted by Gasteiger charge is 2.23. The molecule has 1 heterocycles. The van der Waals surface area contributed by atoms with Crippen LogP contribution >= 0.6 is 0 Å². The van der Waals surface area contributed by atoms with Gasteiger partial charge in [-0.3, -0.25) is 4.79 Å². The molecule has 1 atom stereocenters. The van der Waals surface area contributed by atoms with Crippen molar-refractivity contribution in [3.63, 3.8) is 0 Å². The van der Waals surface area contributed by atoms with Crippen LogP contribution in [0.5, 0.6) is 0 Å². The molecule has 1 aliphatic rings. The summed E-state index contributed by atoms with van der Waals surface area (Å²) in [6.45, 7) is 5.44. The first-order chi connectivity index (χ1) is 9.20. The van der Waals surface area contributed by atoms with E-state index in [4.69, 9.17) is 4.74 Å². The van der Waals surface area contributed by atoms with Crippen LogP contribution in [-0.2, 0) is 9.53 Å². The minimum absolute atomic E-state index is 0.175. The molecule has 0 aromatic heterocycles. The molecule has 1 aromatic rings. The third kappa shape index (κ3) is 3.80. The summed E-state index contributed by atoms with van der Waals surface area (Å²) in [4.78, 5) is 13.2. The van der Waals surface area contributed by atoms with Crippen LogP contribution in [0.3, 0.4) is 0 Å². The van der Waals surface area contributed by atoms with Gasteiger partial charge in [-0.1, -0.05) is 37.3 Å². The van der Waals surface area contributed by atoms with E-state index in [0.29, 0.717) is 0 Å². The van der Waals surface area contributed by atoms with Gasteiger partial charge in [-0.25, -0.2) is 0 Å². The topological polar surface area (TPSA) is 29.5 Å². The normalized spacial score (nSPS) is 18.3. The highest BCUT2D eigenvalue weighted by atomic mass is 16.5. The lowest BCUT2D eigenvalue weighted by Crippen LogP contribution is -2.40. The van der Waals surface area contributed by atoms with Crippen molar-refractivity contribution in [3.8, 4) is 0 Å². The van der Waals surface area contributed by atoms with Gasteiger partial charge in [-0.2, -0.15) is 0 Å². The number of carbonyl (C=O) groups excluding carboxylic acids is 1. The quantitative estimate of drug-likeness (QED) is 0.833. The molecule has 0 spiro atoms. The van der Waals surface area contributed by atoms with Crippen molar-refractivity contribution in [3.05, 3.63) is 35.9 Å². The lowest BCUT2D eigenvalue weighted by Gasteiger charge is -2.33. The van der Waals surface area contributed by atoms with Gasteiger partial charge >= 0.3 is 0 Å². The average molecular weight is 261 g/mol. The standard InChI is InChI=1S/C16H23NO2/c1-3-16(14-7-5-4-6-8-14)19-15-9-11-17(12-10-15)13(2)18/h4-8,15-16H,3,9-12H2,1-2H3. The number of likely N-dealkylation sites (tertiary alicyclic amines) is 1. The number of benzene rings is 1. The van der Waals surface area contributed by atoms with Crippen molar-refractivity contribution in [1.82, 2.24) is 4.90 Å². The number of piperidine rings is 1. The monoisotopic (exact) mass is 261 g/mol. The summed E-state index contributed by atoms with van der Waals surface area (Å²) in [5.41, 5.74) is 1.25. The molecule has 0 N–H and O–H groups in total. The first-order valence-corrected chi connectivity index (χ1v) is 7.16. The Bertz CT molecular complexity index is 396. The number of hydrogen-bond donors (Lipinski definition) is 0. The van der Waals surface area contributed by atoms with E-state index < -0.39 is 0 Å². The second-order valence-corrected chi connectivity index (χ2v) is 5.15. The zero-order valence-electron chi connectivity index (χ0n) is 11.8. The molecule has 3 nitrogen and oxygen atoms in total. The van der Waals surface area contributed by atoms with E-state index in [9.17, 15) is 4.79 Å². The van der Waals surface area contributed by atoms with Gasteiger partial charge in [0.2, 0.25) is 5.91 Å². The van der Waals surface area contributed by atoms with Crippen molar-refractivity contribution in [2.24, 2.45) is 0 Å². The predicted molar refractivity (Wildman–Crippen MR) is 75.8 cm³/mol. The Morgan fingerprint density at radius 2 is 1.95 bits per heavy atom. The van der Waals surface area contributed by atoms with E-state index in [0.717, 1.165) is 32.4 Å². The van der Waals surface area contributed by atoms with Crippen LogP contribution < -0.4 is 0 Å². The fourth-order valence-electron chi connectivity index (χ4n) is 2.62. The maximum absolute atomic E-state index is 11.3. The van der Waals surface area contributed by atoms with E-state index in [1.165, 1.54) is 5.56 Å². The Balaban J connectivity index is 1.89. The molecule has 0 aliphatic carbocycles. The van der Waals surface area contributed by atoms with Crippen LogP contribution in [0.1, 0.15) is 44.8 Å². The first kappa shape index (κ1) is 14.1. The van der Waals surface area contributed by atoms with Gasteiger partial charge in [0.1, 0.15) is 0 Å². The maximum atomic E-state index is 11.3. The van der Waals surface area contributed by atoms with Gasteiger partial charge < -0.3 is 9.64 Å². The van der Waals surface area contributed by atoms with Crippen LogP contribution in [0.15, 0.2) is 30.3 Å².